The molecule has 0 saturated carbocycles. The highest BCUT2D eigenvalue weighted by Gasteiger charge is 2.18. The molecule has 18 rings (SSSR count). The second-order valence-corrected chi connectivity index (χ2v) is 37.9. The maximum absolute atomic E-state index is 6.43. The van der Waals surface area contributed by atoms with E-state index in [0.717, 1.165) is 146 Å². The van der Waals surface area contributed by atoms with Gasteiger partial charge in [-0.05, 0) is 216 Å². The van der Waals surface area contributed by atoms with Crippen molar-refractivity contribution in [1.82, 2.24) is 18.3 Å². The van der Waals surface area contributed by atoms with Crippen LogP contribution in [0.5, 0.6) is 23.0 Å². The molecule has 0 aliphatic rings. The van der Waals surface area contributed by atoms with Crippen LogP contribution < -0.4 is 18.9 Å². The van der Waals surface area contributed by atoms with E-state index in [1.807, 2.05) is 0 Å². The lowest BCUT2D eigenvalue weighted by atomic mass is 9.94. The van der Waals surface area contributed by atoms with Gasteiger partial charge in [-0.25, -0.2) is 0 Å². The molecule has 136 heavy (non-hydrogen) atoms. The molecule has 4 heterocycles. The first-order valence-corrected chi connectivity index (χ1v) is 52.0. The number of hydrogen-bond donors (Lipinski definition) is 0. The molecule has 0 N–H and O–H groups in total. The van der Waals surface area contributed by atoms with Crippen LogP contribution in [0.2, 0.25) is 0 Å². The summed E-state index contributed by atoms with van der Waals surface area (Å²) in [5.41, 5.74) is 22.3. The van der Waals surface area contributed by atoms with Crippen molar-refractivity contribution in [3.63, 3.8) is 0 Å². The minimum absolute atomic E-state index is 0.725. The van der Waals surface area contributed by atoms with Gasteiger partial charge in [0, 0.05) is 113 Å². The number of aromatic nitrogens is 4. The van der Waals surface area contributed by atoms with E-state index in [1.165, 1.54) is 278 Å². The molecule has 0 saturated heterocycles. The van der Waals surface area contributed by atoms with Gasteiger partial charge in [-0.2, -0.15) is 0 Å². The zero-order chi connectivity index (χ0) is 91.8. The average Bonchev–Trinajstić information content (AvgIpc) is 1.64. The van der Waals surface area contributed by atoms with Crippen LogP contribution in [0.15, 0.2) is 340 Å². The fraction of sp³-hybridized carbons (Fsp3) is 0.312. The maximum Gasteiger partial charge on any atom is 0.119 e. The Morgan fingerprint density at radius 3 is 0.507 bits per heavy atom. The predicted molar refractivity (Wildman–Crippen MR) is 579 cm³/mol. The van der Waals surface area contributed by atoms with Crippen LogP contribution in [-0.2, 0) is 26.2 Å². The first-order chi connectivity index (χ1) is 67.6. The van der Waals surface area contributed by atoms with Crippen molar-refractivity contribution in [2.45, 2.75) is 232 Å². The number of hydrogen-bond acceptors (Lipinski definition) is 4. The van der Waals surface area contributed by atoms with Gasteiger partial charge in [0.05, 0.1) is 26.4 Å². The van der Waals surface area contributed by atoms with Crippen LogP contribution in [0, 0.1) is 0 Å². The van der Waals surface area contributed by atoms with Crippen molar-refractivity contribution >= 4 is 111 Å². The van der Waals surface area contributed by atoms with Gasteiger partial charge in [0.15, 0.2) is 0 Å². The van der Waals surface area contributed by atoms with Crippen molar-refractivity contribution in [1.29, 1.82) is 0 Å². The largest absolute Gasteiger partial charge is 0.494 e. The molecule has 18 aromatic rings. The van der Waals surface area contributed by atoms with Crippen LogP contribution in [0.4, 0.5) is 0 Å². The monoisotopic (exact) mass is 1800 g/mol. The quantitative estimate of drug-likeness (QED) is 0.0282. The smallest absolute Gasteiger partial charge is 0.119 e. The van der Waals surface area contributed by atoms with Gasteiger partial charge in [-0.15, -0.1) is 0 Å². The Morgan fingerprint density at radius 1 is 0.162 bits per heavy atom. The molecular formula is C128H138N4O4. The number of benzene rings is 14. The van der Waals surface area contributed by atoms with Crippen LogP contribution in [0.25, 0.3) is 122 Å². The standard InChI is InChI=1S/C128H138N4O4/c1(9-17-41-89-129-121-57-33-25-49-111(121)112-50-26-34-58-122(112)129)5-13-21-45-93-133-107-81-73-103(74-82-107)119(104-75-83-108(84-76-104)134-94-46-22-14-6-2-10-18-42-90-130-123-59-35-27-51-113(123)114-52-28-36-60-124(114)130)97-99-65-69-101(70-66-99)102-71-67-100(68-72-102)98-120(105-77-85-109(86-78-105)135-95-47-23-15-7-3-11-19-43-91-131-125-61-37-29-53-115(125)116-54-30-38-62-126(116)131)106-79-87-110(88-80-106)136-96-48-24-16-8-4-12-20-44-92-132-127-63-39-31-55-117(127)118-56-32-40-64-128(118)132/h25-40,49-88,97-98H,1-24,41-48,89-96H2. The summed E-state index contributed by atoms with van der Waals surface area (Å²) in [7, 11) is 0. The molecule has 8 heteroatoms. The summed E-state index contributed by atoms with van der Waals surface area (Å²) in [4.78, 5) is 0. The Balaban J connectivity index is 0.476. The Labute approximate surface area is 807 Å². The molecule has 0 atom stereocenters. The second-order valence-electron chi connectivity index (χ2n) is 37.9. The number of para-hydroxylation sites is 8. The molecule has 694 valence electrons. The molecule has 0 aliphatic carbocycles. The predicted octanol–water partition coefficient (Wildman–Crippen LogP) is 35.8. The fourth-order valence-corrected chi connectivity index (χ4v) is 20.9. The van der Waals surface area contributed by atoms with Gasteiger partial charge in [-0.3, -0.25) is 0 Å². The SMILES string of the molecule is C(=C(c1ccc(OCCCCCCCCCCn2c3ccccc3c3ccccc32)cc1)c1ccc(OCCCCCCCCCCn2c3ccccc3c3ccccc32)cc1)c1ccc(-c2ccc(C=C(c3ccc(OCCCCCCCCCCn4c5ccccc5c5ccccc54)cc3)c3ccc(OCCCCCCCCCCn4c5ccccc5c5ccccc54)cc3)cc2)cc1. The molecule has 0 bridgehead atoms. The fourth-order valence-electron chi connectivity index (χ4n) is 20.9. The topological polar surface area (TPSA) is 56.6 Å². The molecule has 0 amide bonds. The van der Waals surface area contributed by atoms with E-state index in [4.69, 9.17) is 18.9 Å². The summed E-state index contributed by atoms with van der Waals surface area (Å²) >= 11 is 0. The lowest BCUT2D eigenvalue weighted by Gasteiger charge is -2.13. The van der Waals surface area contributed by atoms with Crippen molar-refractivity contribution in [2.75, 3.05) is 26.4 Å². The third kappa shape index (κ3) is 24.4. The van der Waals surface area contributed by atoms with Crippen molar-refractivity contribution < 1.29 is 18.9 Å². The van der Waals surface area contributed by atoms with Gasteiger partial charge in [0.2, 0.25) is 0 Å². The highest BCUT2D eigenvalue weighted by molar-refractivity contribution is 6.11. The van der Waals surface area contributed by atoms with Gasteiger partial charge in [-0.1, -0.05) is 397 Å². The number of nitrogens with zero attached hydrogens (tertiary/aromatic N) is 4. The van der Waals surface area contributed by atoms with Crippen molar-refractivity contribution in [2.24, 2.45) is 0 Å². The van der Waals surface area contributed by atoms with E-state index < -0.39 is 0 Å². The summed E-state index contributed by atoms with van der Waals surface area (Å²) in [6, 6.07) is 124. The van der Waals surface area contributed by atoms with E-state index in [0.29, 0.717) is 0 Å². The summed E-state index contributed by atoms with van der Waals surface area (Å²) in [6.07, 6.45) is 44.0. The Kier molecular flexibility index (Phi) is 33.6. The minimum Gasteiger partial charge on any atom is -0.494 e. The molecule has 0 spiro atoms. The van der Waals surface area contributed by atoms with E-state index in [9.17, 15) is 0 Å². The van der Waals surface area contributed by atoms with Gasteiger partial charge < -0.3 is 37.2 Å². The van der Waals surface area contributed by atoms with E-state index in [2.05, 4.69) is 370 Å². The second kappa shape index (κ2) is 48.9. The number of aryl methyl sites for hydroxylation is 4. The molecule has 8 nitrogen and oxygen atoms in total. The summed E-state index contributed by atoms with van der Waals surface area (Å²) in [5.74, 6) is 3.65. The van der Waals surface area contributed by atoms with Gasteiger partial charge in [0.25, 0.3) is 0 Å². The zero-order valence-corrected chi connectivity index (χ0v) is 80.2. The normalized spacial score (nSPS) is 11.7. The molecule has 0 radical (unpaired) electrons. The number of ether oxygens (including phenoxy) is 4. The summed E-state index contributed by atoms with van der Waals surface area (Å²) in [6.45, 7) is 7.19. The first kappa shape index (κ1) is 93.4. The highest BCUT2D eigenvalue weighted by atomic mass is 16.5. The van der Waals surface area contributed by atoms with Crippen LogP contribution in [-0.4, -0.2) is 44.7 Å². The van der Waals surface area contributed by atoms with E-state index in [1.54, 1.807) is 0 Å². The lowest BCUT2D eigenvalue weighted by molar-refractivity contribution is 0.304. The number of unbranched alkanes of at least 4 members (excludes halogenated alkanes) is 28. The third-order valence-electron chi connectivity index (χ3n) is 28.3. The van der Waals surface area contributed by atoms with Crippen LogP contribution >= 0.6 is 0 Å². The lowest BCUT2D eigenvalue weighted by Crippen LogP contribution is -1.98. The summed E-state index contributed by atoms with van der Waals surface area (Å²) in [5, 5.41) is 10.9. The molecule has 0 aliphatic heterocycles. The van der Waals surface area contributed by atoms with Gasteiger partial charge in [0.1, 0.15) is 23.0 Å². The Hall–Kier alpha value is -13.0. The van der Waals surface area contributed by atoms with Gasteiger partial charge >= 0.3 is 0 Å². The molecular weight excluding hydrogens is 1660 g/mol. The summed E-state index contributed by atoms with van der Waals surface area (Å²) < 4.78 is 35.8. The Bertz CT molecular complexity index is 5850. The van der Waals surface area contributed by atoms with Crippen LogP contribution in [0.3, 0.4) is 0 Å². The number of fused-ring (bicyclic) bond motifs is 12. The zero-order valence-electron chi connectivity index (χ0n) is 80.2. The molecule has 0 unspecified atom stereocenters. The van der Waals surface area contributed by atoms with E-state index >= 15 is 0 Å². The van der Waals surface area contributed by atoms with Crippen molar-refractivity contribution in [3.05, 3.63) is 373 Å². The minimum atomic E-state index is 0.725. The average molecular weight is 1800 g/mol. The van der Waals surface area contributed by atoms with Crippen LogP contribution in [0.1, 0.15) is 239 Å². The van der Waals surface area contributed by atoms with E-state index in [-0.39, 0.29) is 0 Å². The first-order valence-electron chi connectivity index (χ1n) is 52.0. The number of rotatable bonds is 55. The third-order valence-corrected chi connectivity index (χ3v) is 28.3. The maximum atomic E-state index is 6.43. The Morgan fingerprint density at radius 2 is 0.324 bits per heavy atom. The molecule has 4 aromatic heterocycles. The van der Waals surface area contributed by atoms with Crippen molar-refractivity contribution in [3.8, 4) is 34.1 Å². The highest BCUT2D eigenvalue weighted by Crippen LogP contribution is 2.38. The molecule has 0 fully saturated rings. The molecule has 14 aromatic carbocycles.